The molecule has 3 atom stereocenters. The Kier molecular flexibility index (Phi) is 40.7. The van der Waals surface area contributed by atoms with Crippen LogP contribution in [0.25, 0.3) is 0 Å². The van der Waals surface area contributed by atoms with Crippen molar-refractivity contribution in [3.63, 3.8) is 0 Å². The van der Waals surface area contributed by atoms with E-state index in [1.165, 1.54) is 103 Å². The molecule has 6 heteroatoms. The number of hydrogen-bond donors (Lipinski definition) is 3. The lowest BCUT2D eigenvalue weighted by atomic mass is 10.0. The topological polar surface area (TPSA) is 95.9 Å². The van der Waals surface area contributed by atoms with E-state index >= 15 is 0 Å². The number of amides is 1. The Morgan fingerprint density at radius 3 is 1.52 bits per heavy atom. The standard InChI is InChI=1S/C48H89NO5/c1-4-7-10-13-16-19-21-23-24-26-29-32-35-38-41-48(53)54-44(39-36-33-30-27-18-15-12-9-6-3)42-47(52)49-45(43-50)46(51)40-37-34-31-28-25-22-20-17-14-11-8-5-2/h7,10,16,19,23-24,44-46,50-51H,4-6,8-9,11-15,17-18,20-22,25-43H2,1-3H3,(H,49,52)/b10-7+,19-16+,24-23+. The molecule has 0 saturated carbocycles. The van der Waals surface area contributed by atoms with E-state index in [0.717, 1.165) is 83.5 Å². The summed E-state index contributed by atoms with van der Waals surface area (Å²) < 4.78 is 5.88. The van der Waals surface area contributed by atoms with Gasteiger partial charge in [-0.3, -0.25) is 9.59 Å². The van der Waals surface area contributed by atoms with E-state index in [2.05, 4.69) is 62.5 Å². The summed E-state index contributed by atoms with van der Waals surface area (Å²) in [6.45, 7) is 6.34. The maximum atomic E-state index is 13.1. The number of ether oxygens (including phenoxy) is 1. The van der Waals surface area contributed by atoms with E-state index in [1.807, 2.05) is 0 Å². The van der Waals surface area contributed by atoms with Crippen LogP contribution in [0.5, 0.6) is 0 Å². The molecule has 0 aromatic rings. The summed E-state index contributed by atoms with van der Waals surface area (Å²) in [6.07, 6.45) is 47.7. The van der Waals surface area contributed by atoms with Crippen molar-refractivity contribution in [2.24, 2.45) is 0 Å². The Morgan fingerprint density at radius 2 is 1.00 bits per heavy atom. The second-order valence-electron chi connectivity index (χ2n) is 15.8. The molecule has 316 valence electrons. The summed E-state index contributed by atoms with van der Waals surface area (Å²) >= 11 is 0. The highest BCUT2D eigenvalue weighted by molar-refractivity contribution is 5.77. The lowest BCUT2D eigenvalue weighted by Gasteiger charge is -2.24. The van der Waals surface area contributed by atoms with Gasteiger partial charge in [-0.25, -0.2) is 0 Å². The second-order valence-corrected chi connectivity index (χ2v) is 15.8. The largest absolute Gasteiger partial charge is 0.462 e. The van der Waals surface area contributed by atoms with Crippen LogP contribution in [0.15, 0.2) is 36.5 Å². The number of allylic oxidation sites excluding steroid dienone is 6. The van der Waals surface area contributed by atoms with Gasteiger partial charge in [-0.1, -0.05) is 198 Å². The highest BCUT2D eigenvalue weighted by Gasteiger charge is 2.24. The maximum Gasteiger partial charge on any atom is 0.306 e. The lowest BCUT2D eigenvalue weighted by molar-refractivity contribution is -0.151. The Bertz CT molecular complexity index is 900. The van der Waals surface area contributed by atoms with Gasteiger partial charge in [0.05, 0.1) is 25.2 Å². The number of rotatable bonds is 41. The quantitative estimate of drug-likeness (QED) is 0.0328. The molecule has 3 N–H and O–H groups in total. The molecule has 6 nitrogen and oxygen atoms in total. The van der Waals surface area contributed by atoms with E-state index in [4.69, 9.17) is 4.74 Å². The van der Waals surface area contributed by atoms with Crippen molar-refractivity contribution >= 4 is 11.9 Å². The molecule has 0 aromatic carbocycles. The predicted molar refractivity (Wildman–Crippen MR) is 232 cm³/mol. The highest BCUT2D eigenvalue weighted by Crippen LogP contribution is 2.17. The predicted octanol–water partition coefficient (Wildman–Crippen LogP) is 13.3. The molecule has 0 fully saturated rings. The van der Waals surface area contributed by atoms with Crippen molar-refractivity contribution in [1.82, 2.24) is 5.32 Å². The van der Waals surface area contributed by atoms with Crippen molar-refractivity contribution in [1.29, 1.82) is 0 Å². The first-order chi connectivity index (χ1) is 26.5. The number of aliphatic hydroxyl groups is 2. The smallest absolute Gasteiger partial charge is 0.306 e. The molecule has 0 aromatic heterocycles. The molecule has 0 spiro atoms. The van der Waals surface area contributed by atoms with Crippen LogP contribution in [-0.2, 0) is 14.3 Å². The van der Waals surface area contributed by atoms with Gasteiger partial charge in [0.15, 0.2) is 0 Å². The Balaban J connectivity index is 4.54. The van der Waals surface area contributed by atoms with Gasteiger partial charge < -0.3 is 20.3 Å². The van der Waals surface area contributed by atoms with Gasteiger partial charge in [0.25, 0.3) is 0 Å². The van der Waals surface area contributed by atoms with Gasteiger partial charge in [-0.15, -0.1) is 0 Å². The molecular weight excluding hydrogens is 671 g/mol. The van der Waals surface area contributed by atoms with Gasteiger partial charge in [0, 0.05) is 6.42 Å². The third-order valence-electron chi connectivity index (χ3n) is 10.5. The van der Waals surface area contributed by atoms with Crippen LogP contribution < -0.4 is 5.32 Å². The summed E-state index contributed by atoms with van der Waals surface area (Å²) in [4.78, 5) is 25.9. The average molecular weight is 760 g/mol. The van der Waals surface area contributed by atoms with Crippen LogP contribution >= 0.6 is 0 Å². The fourth-order valence-corrected chi connectivity index (χ4v) is 6.97. The summed E-state index contributed by atoms with van der Waals surface area (Å²) in [5, 5.41) is 23.6. The minimum atomic E-state index is -0.786. The van der Waals surface area contributed by atoms with Gasteiger partial charge >= 0.3 is 5.97 Å². The summed E-state index contributed by atoms with van der Waals surface area (Å²) in [5.74, 6) is -0.497. The fraction of sp³-hybridized carbons (Fsp3) is 0.833. The summed E-state index contributed by atoms with van der Waals surface area (Å²) in [7, 11) is 0. The highest BCUT2D eigenvalue weighted by atomic mass is 16.5. The van der Waals surface area contributed by atoms with Crippen LogP contribution in [0, 0.1) is 0 Å². The number of hydrogen-bond acceptors (Lipinski definition) is 5. The zero-order chi connectivity index (χ0) is 39.6. The molecule has 1 amide bonds. The Labute approximate surface area is 334 Å². The third-order valence-corrected chi connectivity index (χ3v) is 10.5. The van der Waals surface area contributed by atoms with Crippen LogP contribution in [0.3, 0.4) is 0 Å². The third kappa shape index (κ3) is 37.0. The van der Waals surface area contributed by atoms with Gasteiger partial charge in [0.1, 0.15) is 6.10 Å². The van der Waals surface area contributed by atoms with Crippen LogP contribution in [0.1, 0.15) is 233 Å². The van der Waals surface area contributed by atoms with Gasteiger partial charge in [-0.2, -0.15) is 0 Å². The monoisotopic (exact) mass is 760 g/mol. The van der Waals surface area contributed by atoms with Crippen molar-refractivity contribution in [3.8, 4) is 0 Å². The zero-order valence-corrected chi connectivity index (χ0v) is 35.9. The molecule has 54 heavy (non-hydrogen) atoms. The number of nitrogens with one attached hydrogen (secondary N) is 1. The molecule has 0 aliphatic rings. The summed E-state index contributed by atoms with van der Waals surface area (Å²) in [6, 6.07) is -0.700. The number of unbranched alkanes of at least 4 members (excludes halogenated alkanes) is 23. The molecule has 0 bridgehead atoms. The normalized spacial score (nSPS) is 13.6. The second kappa shape index (κ2) is 42.2. The molecule has 0 radical (unpaired) electrons. The van der Waals surface area contributed by atoms with E-state index in [1.54, 1.807) is 0 Å². The Morgan fingerprint density at radius 1 is 0.556 bits per heavy atom. The number of carbonyl (C=O) groups is 2. The van der Waals surface area contributed by atoms with Crippen LogP contribution in [0.2, 0.25) is 0 Å². The Hall–Kier alpha value is -1.92. The molecular formula is C48H89NO5. The first-order valence-corrected chi connectivity index (χ1v) is 23.2. The minimum absolute atomic E-state index is 0.0710. The first kappa shape index (κ1) is 52.1. The molecule has 0 saturated heterocycles. The van der Waals surface area contributed by atoms with Crippen molar-refractivity contribution < 1.29 is 24.5 Å². The van der Waals surface area contributed by atoms with E-state index in [0.29, 0.717) is 19.3 Å². The number of esters is 1. The molecule has 0 rings (SSSR count). The first-order valence-electron chi connectivity index (χ1n) is 23.2. The fourth-order valence-electron chi connectivity index (χ4n) is 6.97. The van der Waals surface area contributed by atoms with Crippen molar-refractivity contribution in [2.45, 2.75) is 251 Å². The number of carbonyl (C=O) groups excluding carboxylic acids is 2. The zero-order valence-electron chi connectivity index (χ0n) is 35.9. The molecule has 0 aliphatic heterocycles. The van der Waals surface area contributed by atoms with Crippen molar-refractivity contribution in [2.75, 3.05) is 6.61 Å². The van der Waals surface area contributed by atoms with Crippen LogP contribution in [0.4, 0.5) is 0 Å². The SMILES string of the molecule is CC/C=C/C/C=C/C/C=C/CCCCCCC(=O)OC(CCCCCCCCCCC)CC(=O)NC(CO)C(O)CCCCCCCCCCCCCC. The number of aliphatic hydroxyl groups excluding tert-OH is 2. The van der Waals surface area contributed by atoms with E-state index in [9.17, 15) is 19.8 Å². The molecule has 0 heterocycles. The summed E-state index contributed by atoms with van der Waals surface area (Å²) in [5.41, 5.74) is 0. The van der Waals surface area contributed by atoms with E-state index < -0.39 is 18.2 Å². The maximum absolute atomic E-state index is 13.1. The molecule has 0 aliphatic carbocycles. The lowest BCUT2D eigenvalue weighted by Crippen LogP contribution is -2.46. The van der Waals surface area contributed by atoms with Crippen molar-refractivity contribution in [3.05, 3.63) is 36.5 Å². The van der Waals surface area contributed by atoms with Gasteiger partial charge in [0.2, 0.25) is 5.91 Å². The van der Waals surface area contributed by atoms with Crippen LogP contribution in [-0.4, -0.2) is 46.9 Å². The van der Waals surface area contributed by atoms with E-state index in [-0.39, 0.29) is 24.9 Å². The average Bonchev–Trinajstić information content (AvgIpc) is 3.16. The van der Waals surface area contributed by atoms with Gasteiger partial charge in [-0.05, 0) is 57.8 Å². The minimum Gasteiger partial charge on any atom is -0.462 e. The molecule has 3 unspecified atom stereocenters.